The van der Waals surface area contributed by atoms with Gasteiger partial charge in [-0.3, -0.25) is 4.90 Å². The number of likely N-dealkylation sites (tertiary alicyclic amines) is 1. The number of hydrogen-bond donors (Lipinski definition) is 1. The zero-order chi connectivity index (χ0) is 19.9. The van der Waals surface area contributed by atoms with E-state index in [0.29, 0.717) is 6.61 Å². The van der Waals surface area contributed by atoms with Gasteiger partial charge in [0.15, 0.2) is 5.13 Å². The van der Waals surface area contributed by atoms with Crippen LogP contribution in [0.25, 0.3) is 10.2 Å². The van der Waals surface area contributed by atoms with Gasteiger partial charge in [-0.25, -0.2) is 4.98 Å². The van der Waals surface area contributed by atoms with Gasteiger partial charge in [0.2, 0.25) is 0 Å². The van der Waals surface area contributed by atoms with Gasteiger partial charge in [-0.2, -0.15) is 0 Å². The standard InChI is InChI=1S/C24H31N3OS/c1-2-19-15-20(18-27-12-6-3-7-13-27)17-21(16-19)28-14-8-11-25-24-26-22-9-4-5-10-23(22)29-24/h4-5,9-10,15-17H,2-3,6-8,11-14,18H2,1H3,(H,25,26). The molecule has 1 aliphatic heterocycles. The van der Waals surface area contributed by atoms with Crippen LogP contribution in [-0.2, 0) is 13.0 Å². The average molecular weight is 410 g/mol. The van der Waals surface area contributed by atoms with E-state index in [-0.39, 0.29) is 0 Å². The van der Waals surface area contributed by atoms with Gasteiger partial charge in [-0.15, -0.1) is 0 Å². The predicted molar refractivity (Wildman–Crippen MR) is 123 cm³/mol. The molecule has 0 saturated carbocycles. The topological polar surface area (TPSA) is 37.4 Å². The van der Waals surface area contributed by atoms with Crippen LogP contribution in [-0.4, -0.2) is 36.1 Å². The normalized spacial score (nSPS) is 14.9. The summed E-state index contributed by atoms with van der Waals surface area (Å²) in [5.41, 5.74) is 3.81. The first-order valence-electron chi connectivity index (χ1n) is 10.9. The first-order chi connectivity index (χ1) is 14.3. The highest BCUT2D eigenvalue weighted by Crippen LogP contribution is 2.25. The van der Waals surface area contributed by atoms with Crippen LogP contribution >= 0.6 is 11.3 Å². The molecular weight excluding hydrogens is 378 g/mol. The highest BCUT2D eigenvalue weighted by Gasteiger charge is 2.11. The number of benzene rings is 2. The van der Waals surface area contributed by atoms with Crippen LogP contribution < -0.4 is 10.1 Å². The molecule has 1 N–H and O–H groups in total. The molecule has 4 nitrogen and oxygen atoms in total. The Balaban J connectivity index is 1.26. The van der Waals surface area contributed by atoms with E-state index in [1.165, 1.54) is 48.2 Å². The van der Waals surface area contributed by atoms with Crippen LogP contribution in [0.15, 0.2) is 42.5 Å². The van der Waals surface area contributed by atoms with Crippen LogP contribution in [0.4, 0.5) is 5.13 Å². The third kappa shape index (κ3) is 5.71. The van der Waals surface area contributed by atoms with Crippen LogP contribution in [0.2, 0.25) is 0 Å². The average Bonchev–Trinajstić information content (AvgIpc) is 3.17. The lowest BCUT2D eigenvalue weighted by atomic mass is 10.1. The molecule has 0 amide bonds. The number of para-hydroxylation sites is 1. The Kier molecular flexibility index (Phi) is 7.01. The molecule has 2 heterocycles. The number of anilines is 1. The SMILES string of the molecule is CCc1cc(CN2CCCCC2)cc(OCCCNc2nc3ccccc3s2)c1. The van der Waals surface area contributed by atoms with Crippen LogP contribution in [0.3, 0.4) is 0 Å². The number of nitrogens with zero attached hydrogens (tertiary/aromatic N) is 2. The smallest absolute Gasteiger partial charge is 0.183 e. The summed E-state index contributed by atoms with van der Waals surface area (Å²) in [4.78, 5) is 7.19. The number of piperidine rings is 1. The minimum absolute atomic E-state index is 0.716. The highest BCUT2D eigenvalue weighted by molar-refractivity contribution is 7.22. The first kappa shape index (κ1) is 20.2. The lowest BCUT2D eigenvalue weighted by Crippen LogP contribution is -2.29. The lowest BCUT2D eigenvalue weighted by molar-refractivity contribution is 0.220. The molecule has 5 heteroatoms. The molecule has 0 unspecified atom stereocenters. The molecule has 1 saturated heterocycles. The molecule has 29 heavy (non-hydrogen) atoms. The molecule has 1 fully saturated rings. The quantitative estimate of drug-likeness (QED) is 0.458. The Bertz CT molecular complexity index is 884. The summed E-state index contributed by atoms with van der Waals surface area (Å²) >= 11 is 1.71. The molecule has 0 radical (unpaired) electrons. The Morgan fingerprint density at radius 3 is 2.72 bits per heavy atom. The number of ether oxygens (including phenoxy) is 1. The van der Waals surface area contributed by atoms with Crippen molar-refractivity contribution in [1.82, 2.24) is 9.88 Å². The number of thiazole rings is 1. The van der Waals surface area contributed by atoms with Gasteiger partial charge < -0.3 is 10.1 Å². The first-order valence-corrected chi connectivity index (χ1v) is 11.7. The molecule has 1 aliphatic rings. The Labute approximate surface area is 177 Å². The fraction of sp³-hybridized carbons (Fsp3) is 0.458. The van der Waals surface area contributed by atoms with Gasteiger partial charge in [0.25, 0.3) is 0 Å². The predicted octanol–water partition coefficient (Wildman–Crippen LogP) is 5.73. The summed E-state index contributed by atoms with van der Waals surface area (Å²) < 4.78 is 7.33. The van der Waals surface area contributed by atoms with Crippen molar-refractivity contribution in [2.45, 2.75) is 45.6 Å². The molecule has 1 aromatic heterocycles. The summed E-state index contributed by atoms with van der Waals surface area (Å²) in [6.45, 7) is 7.30. The second-order valence-corrected chi connectivity index (χ2v) is 8.82. The lowest BCUT2D eigenvalue weighted by Gasteiger charge is -2.26. The van der Waals surface area contributed by atoms with Crippen molar-refractivity contribution in [3.05, 3.63) is 53.6 Å². The van der Waals surface area contributed by atoms with E-state index in [1.807, 2.05) is 6.07 Å². The zero-order valence-electron chi connectivity index (χ0n) is 17.3. The maximum Gasteiger partial charge on any atom is 0.183 e. The van der Waals surface area contributed by atoms with Crippen LogP contribution in [0, 0.1) is 0 Å². The number of hydrogen-bond acceptors (Lipinski definition) is 5. The summed E-state index contributed by atoms with van der Waals surface area (Å²) in [5, 5.41) is 4.42. The van der Waals surface area contributed by atoms with Crippen molar-refractivity contribution < 1.29 is 4.74 Å². The number of aromatic nitrogens is 1. The summed E-state index contributed by atoms with van der Waals surface area (Å²) in [6.07, 6.45) is 6.04. The van der Waals surface area contributed by atoms with E-state index in [2.05, 4.69) is 58.5 Å². The molecule has 0 atom stereocenters. The number of nitrogens with one attached hydrogen (secondary N) is 1. The maximum atomic E-state index is 6.10. The van der Waals surface area contributed by atoms with Crippen molar-refractivity contribution in [2.24, 2.45) is 0 Å². The second-order valence-electron chi connectivity index (χ2n) is 7.79. The van der Waals surface area contributed by atoms with Crippen LogP contribution in [0.5, 0.6) is 5.75 Å². The highest BCUT2D eigenvalue weighted by atomic mass is 32.1. The molecule has 3 aromatic rings. The molecule has 0 spiro atoms. The molecule has 0 aliphatic carbocycles. The minimum Gasteiger partial charge on any atom is -0.494 e. The van der Waals surface area contributed by atoms with Gasteiger partial charge in [0.05, 0.1) is 16.8 Å². The van der Waals surface area contributed by atoms with E-state index in [4.69, 9.17) is 4.74 Å². The van der Waals surface area contributed by atoms with Gasteiger partial charge in [-0.05, 0) is 74.2 Å². The summed E-state index contributed by atoms with van der Waals surface area (Å²) in [6, 6.07) is 15.0. The molecule has 154 valence electrons. The fourth-order valence-corrected chi connectivity index (χ4v) is 4.78. The Morgan fingerprint density at radius 1 is 1.07 bits per heavy atom. The third-order valence-electron chi connectivity index (χ3n) is 5.45. The number of rotatable bonds is 9. The summed E-state index contributed by atoms with van der Waals surface area (Å²) in [7, 11) is 0. The van der Waals surface area contributed by atoms with E-state index in [9.17, 15) is 0 Å². The van der Waals surface area contributed by atoms with Gasteiger partial charge in [-0.1, -0.05) is 42.9 Å². The second kappa shape index (κ2) is 10.1. The van der Waals surface area contributed by atoms with Gasteiger partial charge in [0, 0.05) is 13.1 Å². The monoisotopic (exact) mass is 409 g/mol. The Hall–Kier alpha value is -2.11. The van der Waals surface area contributed by atoms with Crippen LogP contribution in [0.1, 0.15) is 43.7 Å². The van der Waals surface area contributed by atoms with E-state index >= 15 is 0 Å². The van der Waals surface area contributed by atoms with Crippen molar-refractivity contribution in [3.63, 3.8) is 0 Å². The van der Waals surface area contributed by atoms with Crippen molar-refractivity contribution in [1.29, 1.82) is 0 Å². The third-order valence-corrected chi connectivity index (χ3v) is 6.44. The van der Waals surface area contributed by atoms with Crippen molar-refractivity contribution in [3.8, 4) is 5.75 Å². The van der Waals surface area contributed by atoms with E-state index < -0.39 is 0 Å². The van der Waals surface area contributed by atoms with E-state index in [1.54, 1.807) is 11.3 Å². The van der Waals surface area contributed by atoms with Gasteiger partial charge in [0.1, 0.15) is 5.75 Å². The minimum atomic E-state index is 0.716. The largest absolute Gasteiger partial charge is 0.494 e. The number of aryl methyl sites for hydroxylation is 1. The summed E-state index contributed by atoms with van der Waals surface area (Å²) in [5.74, 6) is 1.01. The molecule has 4 rings (SSSR count). The fourth-order valence-electron chi connectivity index (χ4n) is 3.89. The molecule has 0 bridgehead atoms. The van der Waals surface area contributed by atoms with Crippen molar-refractivity contribution in [2.75, 3.05) is 31.6 Å². The molecular formula is C24H31N3OS. The maximum absolute atomic E-state index is 6.10. The zero-order valence-corrected chi connectivity index (χ0v) is 18.1. The number of fused-ring (bicyclic) bond motifs is 1. The van der Waals surface area contributed by atoms with Crippen molar-refractivity contribution >= 4 is 26.7 Å². The van der Waals surface area contributed by atoms with E-state index in [0.717, 1.165) is 42.3 Å². The molecule has 2 aromatic carbocycles. The Morgan fingerprint density at radius 2 is 1.90 bits per heavy atom. The van der Waals surface area contributed by atoms with Gasteiger partial charge >= 0.3 is 0 Å².